The minimum Gasteiger partial charge on any atom is -0.465 e. The van der Waals surface area contributed by atoms with Gasteiger partial charge in [0.05, 0.1) is 21.0 Å². The van der Waals surface area contributed by atoms with Crippen molar-refractivity contribution >= 4 is 40.1 Å². The average molecular weight is 904 g/mol. The Kier molecular flexibility index (Phi) is 15.9. The van der Waals surface area contributed by atoms with E-state index >= 15 is 13.2 Å². The molecule has 1 unspecified atom stereocenters. The van der Waals surface area contributed by atoms with E-state index in [9.17, 15) is 15.8 Å². The van der Waals surface area contributed by atoms with Crippen molar-refractivity contribution in [3.05, 3.63) is 111 Å². The standard InChI is InChI=1S/C53H60F3N5OS2/c1-7-10-13-19-28-51(29-20-14-11-8-2)45-33-47(42-26-24-40(60(5)6)31-37(42)4)64-49(45)50-46(61(51)30-21-15-12-9-3)32-41(63-50)25-27-44-43(36-59)48(38(34-57)35-58)62-52(44,53(54,55)56)39-22-17-16-18-23-39/h16-18,22-27,31-33H,7-15,19-21,28-30H2,1-6H3/b27-25+. The molecule has 0 amide bonds. The fraction of sp³-hybridized carbons (Fsp3) is 0.453. The molecule has 2 aliphatic heterocycles. The maximum atomic E-state index is 15.7. The van der Waals surface area contributed by atoms with Crippen LogP contribution in [0.4, 0.5) is 24.5 Å². The number of nitrogens with zero attached hydrogens (tertiary/aromatic N) is 5. The third-order valence-corrected chi connectivity index (χ3v) is 15.2. The van der Waals surface area contributed by atoms with Crippen LogP contribution in [0, 0.1) is 40.9 Å². The molecule has 11 heteroatoms. The fourth-order valence-electron chi connectivity index (χ4n) is 9.44. The van der Waals surface area contributed by atoms with Gasteiger partial charge in [-0.05, 0) is 73.2 Å². The fourth-order valence-corrected chi connectivity index (χ4v) is 12.0. The van der Waals surface area contributed by atoms with Gasteiger partial charge in [0.2, 0.25) is 0 Å². The molecule has 6 rings (SSSR count). The molecular weight excluding hydrogens is 844 g/mol. The largest absolute Gasteiger partial charge is 0.465 e. The van der Waals surface area contributed by atoms with Crippen LogP contribution < -0.4 is 9.80 Å². The van der Waals surface area contributed by atoms with Gasteiger partial charge in [-0.3, -0.25) is 0 Å². The van der Waals surface area contributed by atoms with E-state index in [-0.39, 0.29) is 11.1 Å². The first-order chi connectivity index (χ1) is 30.8. The topological polar surface area (TPSA) is 87.1 Å². The summed E-state index contributed by atoms with van der Waals surface area (Å²) in [6, 6.07) is 23.6. The van der Waals surface area contributed by atoms with Crippen LogP contribution in [0.25, 0.3) is 26.3 Å². The maximum Gasteiger partial charge on any atom is 0.437 e. The van der Waals surface area contributed by atoms with Crippen molar-refractivity contribution < 1.29 is 17.9 Å². The molecule has 336 valence electrons. The number of nitriles is 3. The van der Waals surface area contributed by atoms with Crippen molar-refractivity contribution in [2.45, 2.75) is 135 Å². The van der Waals surface area contributed by atoms with Gasteiger partial charge < -0.3 is 14.5 Å². The summed E-state index contributed by atoms with van der Waals surface area (Å²) in [7, 11) is 4.10. The predicted octanol–water partition coefficient (Wildman–Crippen LogP) is 15.7. The molecule has 4 aromatic rings. The molecule has 0 fully saturated rings. The van der Waals surface area contributed by atoms with Gasteiger partial charge in [-0.2, -0.15) is 29.0 Å². The highest BCUT2D eigenvalue weighted by atomic mass is 32.1. The Morgan fingerprint density at radius 1 is 0.781 bits per heavy atom. The molecule has 0 bridgehead atoms. The molecule has 2 aromatic carbocycles. The number of fused-ring (bicyclic) bond motifs is 3. The van der Waals surface area contributed by atoms with E-state index in [4.69, 9.17) is 4.74 Å². The molecule has 2 aromatic heterocycles. The van der Waals surface area contributed by atoms with Crippen molar-refractivity contribution in [2.75, 3.05) is 30.4 Å². The number of thiophene rings is 2. The summed E-state index contributed by atoms with van der Waals surface area (Å²) < 4.78 is 52.9. The summed E-state index contributed by atoms with van der Waals surface area (Å²) in [6.45, 7) is 9.75. The van der Waals surface area contributed by atoms with Gasteiger partial charge in [0.1, 0.15) is 23.8 Å². The lowest BCUT2D eigenvalue weighted by molar-refractivity contribution is -0.249. The third kappa shape index (κ3) is 9.42. The second-order valence-corrected chi connectivity index (χ2v) is 19.4. The average Bonchev–Trinajstić information content (AvgIpc) is 4.01. The SMILES string of the molecule is CCCCCCN1c2cc(/C=C/C3=C(C#N)C(=C(C#N)C#N)OC3(c3ccccc3)C(F)(F)F)sc2-c2sc(-c3ccc(N(C)C)cc3C)cc2C1(CCCCCC)CCCCCC. The summed E-state index contributed by atoms with van der Waals surface area (Å²) in [5.74, 6) is -0.669. The number of ether oxygens (including phenoxy) is 1. The summed E-state index contributed by atoms with van der Waals surface area (Å²) in [4.78, 5) is 9.05. The predicted molar refractivity (Wildman–Crippen MR) is 258 cm³/mol. The monoisotopic (exact) mass is 903 g/mol. The Labute approximate surface area is 386 Å². The normalized spacial score (nSPS) is 16.6. The molecule has 0 N–H and O–H groups in total. The van der Waals surface area contributed by atoms with Crippen LogP contribution in [-0.2, 0) is 15.9 Å². The lowest BCUT2D eigenvalue weighted by Gasteiger charge is -2.49. The quantitative estimate of drug-likeness (QED) is 0.0648. The van der Waals surface area contributed by atoms with Crippen molar-refractivity contribution in [3.8, 4) is 38.4 Å². The lowest BCUT2D eigenvalue weighted by Crippen LogP contribution is -2.49. The number of aryl methyl sites for hydroxylation is 1. The van der Waals surface area contributed by atoms with Crippen LogP contribution in [0.3, 0.4) is 0 Å². The molecule has 1 atom stereocenters. The van der Waals surface area contributed by atoms with Crippen molar-refractivity contribution in [2.24, 2.45) is 0 Å². The summed E-state index contributed by atoms with van der Waals surface area (Å²) in [5.41, 5.74) is 0.672. The first-order valence-corrected chi connectivity index (χ1v) is 24.5. The Morgan fingerprint density at radius 2 is 1.42 bits per heavy atom. The summed E-state index contributed by atoms with van der Waals surface area (Å²) in [5, 5.41) is 30.1. The molecule has 0 aliphatic carbocycles. The van der Waals surface area contributed by atoms with Gasteiger partial charge in [0.15, 0.2) is 11.3 Å². The van der Waals surface area contributed by atoms with Crippen molar-refractivity contribution in [1.29, 1.82) is 15.8 Å². The maximum absolute atomic E-state index is 15.7. The smallest absolute Gasteiger partial charge is 0.437 e. The van der Waals surface area contributed by atoms with Gasteiger partial charge in [0, 0.05) is 47.2 Å². The van der Waals surface area contributed by atoms with Crippen molar-refractivity contribution in [3.63, 3.8) is 0 Å². The van der Waals surface area contributed by atoms with Crippen LogP contribution in [0.5, 0.6) is 0 Å². The molecule has 0 radical (unpaired) electrons. The first-order valence-electron chi connectivity index (χ1n) is 22.9. The summed E-state index contributed by atoms with van der Waals surface area (Å²) in [6.07, 6.45) is 13.4. The van der Waals surface area contributed by atoms with E-state index in [1.54, 1.807) is 35.6 Å². The zero-order valence-corrected chi connectivity index (χ0v) is 39.8. The van der Waals surface area contributed by atoms with Gasteiger partial charge in [-0.1, -0.05) is 134 Å². The highest BCUT2D eigenvalue weighted by molar-refractivity contribution is 7.25. The van der Waals surface area contributed by atoms with Crippen LogP contribution in [0.2, 0.25) is 0 Å². The third-order valence-electron chi connectivity index (χ3n) is 12.8. The van der Waals surface area contributed by atoms with E-state index in [1.807, 2.05) is 17.4 Å². The number of halogens is 3. The zero-order valence-electron chi connectivity index (χ0n) is 38.1. The van der Waals surface area contributed by atoms with E-state index < -0.39 is 34.3 Å². The highest BCUT2D eigenvalue weighted by Crippen LogP contribution is 2.60. The molecule has 2 aliphatic rings. The number of allylic oxidation sites excluding steroid dienone is 2. The molecule has 6 nitrogen and oxygen atoms in total. The number of rotatable bonds is 20. The van der Waals surface area contributed by atoms with E-state index in [1.165, 1.54) is 69.6 Å². The number of unbranched alkanes of at least 4 members (excludes halogenated alkanes) is 9. The molecule has 0 saturated heterocycles. The van der Waals surface area contributed by atoms with Gasteiger partial charge in [-0.15, -0.1) is 22.7 Å². The molecule has 4 heterocycles. The minimum atomic E-state index is -5.07. The Morgan fingerprint density at radius 3 is 1.98 bits per heavy atom. The van der Waals surface area contributed by atoms with Crippen LogP contribution in [0.1, 0.15) is 132 Å². The van der Waals surface area contributed by atoms with E-state index in [0.717, 1.165) is 105 Å². The number of anilines is 2. The number of hydrogen-bond acceptors (Lipinski definition) is 8. The summed E-state index contributed by atoms with van der Waals surface area (Å²) >= 11 is 3.36. The second-order valence-electron chi connectivity index (χ2n) is 17.3. The molecule has 64 heavy (non-hydrogen) atoms. The first kappa shape index (κ1) is 48.2. The number of hydrogen-bond donors (Lipinski definition) is 0. The van der Waals surface area contributed by atoms with Crippen molar-refractivity contribution in [1.82, 2.24) is 0 Å². The Hall–Kier alpha value is -5.28. The molecular formula is C53H60F3N5OS2. The lowest BCUT2D eigenvalue weighted by atomic mass is 9.75. The van der Waals surface area contributed by atoms with Crippen LogP contribution in [0.15, 0.2) is 89.2 Å². The number of benzene rings is 2. The zero-order chi connectivity index (χ0) is 46.1. The Bertz CT molecular complexity index is 2460. The van der Waals surface area contributed by atoms with Crippen LogP contribution >= 0.6 is 22.7 Å². The van der Waals surface area contributed by atoms with Gasteiger partial charge in [-0.25, -0.2) is 0 Å². The molecule has 0 spiro atoms. The minimum absolute atomic E-state index is 0.260. The number of alkyl halides is 3. The van der Waals surface area contributed by atoms with Crippen LogP contribution in [-0.4, -0.2) is 26.8 Å². The van der Waals surface area contributed by atoms with Gasteiger partial charge >= 0.3 is 6.18 Å². The molecule has 0 saturated carbocycles. The van der Waals surface area contributed by atoms with E-state index in [2.05, 4.69) is 81.9 Å². The highest BCUT2D eigenvalue weighted by Gasteiger charge is 2.65. The van der Waals surface area contributed by atoms with Gasteiger partial charge in [0.25, 0.3) is 5.60 Å². The van der Waals surface area contributed by atoms with E-state index in [0.29, 0.717) is 0 Å². The Balaban J connectivity index is 1.60. The second kappa shape index (κ2) is 21.1.